The largest absolute Gasteiger partial charge is 0.481 e. The second-order valence-corrected chi connectivity index (χ2v) is 17.6. The summed E-state index contributed by atoms with van der Waals surface area (Å²) in [5.41, 5.74) is 6.03. The average Bonchev–Trinajstić information content (AvgIpc) is 3.04. The van der Waals surface area contributed by atoms with E-state index in [1.54, 1.807) is 40.7 Å². The van der Waals surface area contributed by atoms with E-state index in [-0.39, 0.29) is 56.3 Å². The molecule has 16 heteroatoms. The monoisotopic (exact) mass is 1050 g/mol. The maximum Gasteiger partial charge on any atom is 0.410 e. The number of hydrogen-bond donors (Lipinski definition) is 2. The number of nitrogens with two attached hydrogens (primary N) is 1. The minimum Gasteiger partial charge on any atom is -0.481 e. The summed E-state index contributed by atoms with van der Waals surface area (Å²) < 4.78 is 14.6. The van der Waals surface area contributed by atoms with Crippen molar-refractivity contribution in [3.63, 3.8) is 0 Å². The SMILES string of the molecule is C.CC(C)(C)OC(=O)N1CCC(CC(=O)Cc2cncc(Br)c2)CC1.CC(C)(C)OC(=O)N1CCC(CC(=O)O)CC1.CC[CH-]I.Nc1cncc(Br)c1.[V]. The van der Waals surface area contributed by atoms with Crippen molar-refractivity contribution in [1.29, 1.82) is 0 Å². The Hall–Kier alpha value is -1.95. The number of nitrogens with zero attached hydrogens (tertiary/aromatic N) is 4. The van der Waals surface area contributed by atoms with Gasteiger partial charge in [0.25, 0.3) is 0 Å². The number of ketones is 1. The quantitative estimate of drug-likeness (QED) is 0.201. The standard InChI is InChI=1S/C18H25BrN2O3.C12H21NO4.C5H5BrN2.C3H6I.CH4.V/c1-18(2,3)24-17(23)21-6-4-13(5-7-21)9-16(22)10-14-8-15(19)12-20-11-14;1-12(2,3)17-11(16)13-6-4-9(5-7-13)8-10(14)15;6-4-1-5(7)3-8-2-4;1-2-3-4;;/h8,11-13H,4-7,9-10H2,1-3H3;9H,4-8H2,1-3H3,(H,14,15);1-3H,7H2;3H,2H2,1H3;1H4;/q;;;-1;;. The second kappa shape index (κ2) is 28.5. The fourth-order valence-corrected chi connectivity index (χ4v) is 5.94. The Morgan fingerprint density at radius 1 is 0.818 bits per heavy atom. The van der Waals surface area contributed by atoms with Crippen LogP contribution in [0.5, 0.6) is 0 Å². The van der Waals surface area contributed by atoms with Crippen LogP contribution in [0.2, 0.25) is 0 Å². The Balaban J connectivity index is 0. The van der Waals surface area contributed by atoms with Crippen molar-refractivity contribution in [2.24, 2.45) is 11.8 Å². The van der Waals surface area contributed by atoms with Crippen LogP contribution in [-0.4, -0.2) is 86.2 Å². The molecule has 2 aliphatic heterocycles. The Kier molecular flexibility index (Phi) is 28.5. The van der Waals surface area contributed by atoms with Crippen LogP contribution in [0.1, 0.15) is 106 Å². The molecule has 2 aromatic heterocycles. The number of Topliss-reactive ketones (excluding diaryl/α,β-unsaturated/α-hetero) is 1. The van der Waals surface area contributed by atoms with Gasteiger partial charge < -0.3 is 52.7 Å². The fraction of sp³-hybridized carbons (Fsp3) is 0.615. The van der Waals surface area contributed by atoms with Gasteiger partial charge in [-0.2, -0.15) is 6.42 Å². The molecule has 2 saturated heterocycles. The first-order chi connectivity index (χ1) is 24.7. The summed E-state index contributed by atoms with van der Waals surface area (Å²) in [7, 11) is 0. The van der Waals surface area contributed by atoms with Gasteiger partial charge in [0.15, 0.2) is 0 Å². The number of aromatic nitrogens is 2. The summed E-state index contributed by atoms with van der Waals surface area (Å²) in [5, 5.41) is 8.69. The summed E-state index contributed by atoms with van der Waals surface area (Å²) in [5.74, 6) is -0.00572. The van der Waals surface area contributed by atoms with Crippen molar-refractivity contribution in [1.82, 2.24) is 19.8 Å². The van der Waals surface area contributed by atoms with Crippen LogP contribution in [0, 0.1) is 16.3 Å². The van der Waals surface area contributed by atoms with Crippen molar-refractivity contribution in [2.45, 2.75) is 118 Å². The number of hydrogen-bond acceptors (Lipinski definition) is 9. The number of piperidine rings is 2. The number of anilines is 1. The molecule has 4 heterocycles. The molecule has 0 aliphatic carbocycles. The first-order valence-electron chi connectivity index (χ1n) is 17.8. The zero-order valence-corrected chi connectivity index (χ0v) is 39.3. The van der Waals surface area contributed by atoms with Crippen molar-refractivity contribution in [3.05, 3.63) is 55.9 Å². The van der Waals surface area contributed by atoms with Gasteiger partial charge in [-0.25, -0.2) is 9.59 Å². The number of likely N-dealkylation sites (tertiary alicyclic amines) is 2. The Labute approximate surface area is 371 Å². The van der Waals surface area contributed by atoms with Crippen LogP contribution < -0.4 is 5.73 Å². The smallest absolute Gasteiger partial charge is 0.410 e. The van der Waals surface area contributed by atoms with Gasteiger partial charge in [-0.15, -0.1) is 0 Å². The molecule has 0 spiro atoms. The molecule has 1 radical (unpaired) electrons. The normalized spacial score (nSPS) is 14.4. The molecule has 2 aliphatic rings. The van der Waals surface area contributed by atoms with E-state index in [9.17, 15) is 19.2 Å². The zero-order valence-electron chi connectivity index (χ0n) is 32.5. The van der Waals surface area contributed by atoms with E-state index in [1.165, 1.54) is 6.42 Å². The molecule has 2 fully saturated rings. The first kappa shape index (κ1) is 55.2. The fourth-order valence-electron chi connectivity index (χ4n) is 5.14. The third kappa shape index (κ3) is 27.4. The Morgan fingerprint density at radius 3 is 1.55 bits per heavy atom. The number of carboxylic acid groups (broad SMARTS) is 1. The molecule has 0 aromatic carbocycles. The number of ether oxygens (including phenoxy) is 2. The van der Waals surface area contributed by atoms with Gasteiger partial charge in [-0.1, -0.05) is 14.4 Å². The van der Waals surface area contributed by atoms with E-state index in [1.807, 2.05) is 47.6 Å². The number of pyridine rings is 2. The van der Waals surface area contributed by atoms with Crippen molar-refractivity contribution in [2.75, 3.05) is 31.9 Å². The predicted octanol–water partition coefficient (Wildman–Crippen LogP) is 10.2. The van der Waals surface area contributed by atoms with Gasteiger partial charge in [-0.3, -0.25) is 24.0 Å². The molecule has 0 saturated carbocycles. The van der Waals surface area contributed by atoms with Gasteiger partial charge in [0.05, 0.1) is 5.69 Å². The zero-order chi connectivity index (χ0) is 40.2. The van der Waals surface area contributed by atoms with Crippen LogP contribution in [0.3, 0.4) is 0 Å². The predicted molar refractivity (Wildman–Crippen MR) is 230 cm³/mol. The maximum absolute atomic E-state index is 12.2. The van der Waals surface area contributed by atoms with Crippen LogP contribution in [0.4, 0.5) is 15.3 Å². The number of carbonyl (C=O) groups excluding carboxylic acids is 3. The van der Waals surface area contributed by atoms with E-state index < -0.39 is 17.2 Å². The molecule has 2 aromatic rings. The van der Waals surface area contributed by atoms with Crippen molar-refractivity contribution in [3.8, 4) is 0 Å². The molecule has 12 nitrogen and oxygen atoms in total. The molecule has 0 bridgehead atoms. The van der Waals surface area contributed by atoms with Crippen molar-refractivity contribution < 1.29 is 52.3 Å². The number of halogens is 3. The molecule has 2 amide bonds. The van der Waals surface area contributed by atoms with E-state index in [0.717, 1.165) is 40.2 Å². The molecule has 0 unspecified atom stereocenters. The van der Waals surface area contributed by atoms with Crippen molar-refractivity contribution >= 4 is 84.1 Å². The topological polar surface area (TPSA) is 165 Å². The van der Waals surface area contributed by atoms with Gasteiger partial charge in [0.2, 0.25) is 0 Å². The number of carboxylic acids is 1. The minimum atomic E-state index is -0.763. The van der Waals surface area contributed by atoms with E-state index >= 15 is 0 Å². The molecule has 0 atom stereocenters. The second-order valence-electron chi connectivity index (χ2n) is 14.8. The molecule has 311 valence electrons. The number of rotatable bonds is 7. The molecule has 4 rings (SSSR count). The van der Waals surface area contributed by atoms with E-state index in [2.05, 4.69) is 75.8 Å². The molecule has 55 heavy (non-hydrogen) atoms. The Bertz CT molecular complexity index is 1410. The van der Waals surface area contributed by atoms with Gasteiger partial charge >= 0.3 is 18.2 Å². The van der Waals surface area contributed by atoms with Crippen LogP contribution in [0.15, 0.2) is 45.9 Å². The van der Waals surface area contributed by atoms with Gasteiger partial charge in [-0.05, 0) is 129 Å². The summed E-state index contributed by atoms with van der Waals surface area (Å²) >= 11 is 8.81. The molecule has 3 N–H and O–H groups in total. The number of carbonyl (C=O) groups is 4. The van der Waals surface area contributed by atoms with Crippen LogP contribution in [0.25, 0.3) is 0 Å². The summed E-state index contributed by atoms with van der Waals surface area (Å²) in [4.78, 5) is 57.9. The van der Waals surface area contributed by atoms with Crippen LogP contribution >= 0.6 is 54.5 Å². The minimum absolute atomic E-state index is 0. The van der Waals surface area contributed by atoms with Gasteiger partial charge in [0, 0.05) is 97.7 Å². The Morgan fingerprint density at radius 2 is 1.22 bits per heavy atom. The van der Waals surface area contributed by atoms with Gasteiger partial charge in [0.1, 0.15) is 17.0 Å². The van der Waals surface area contributed by atoms with Crippen LogP contribution in [-0.2, 0) is 44.0 Å². The van der Waals surface area contributed by atoms with E-state index in [4.69, 9.17) is 20.3 Å². The molecular formula is C39H61Br2IN5O7V-. The number of amides is 2. The number of nitrogen functional groups attached to an aromatic ring is 1. The first-order valence-corrected chi connectivity index (χ1v) is 20.6. The molecular weight excluding hydrogens is 988 g/mol. The average molecular weight is 1050 g/mol. The maximum atomic E-state index is 12.2. The summed E-state index contributed by atoms with van der Waals surface area (Å²) in [6.07, 6.45) is 11.7. The van der Waals surface area contributed by atoms with E-state index in [0.29, 0.717) is 50.6 Å². The third-order valence-corrected chi connectivity index (χ3v) is 9.30. The summed E-state index contributed by atoms with van der Waals surface area (Å²) in [6, 6.07) is 3.73. The number of aliphatic carboxylic acids is 1. The summed E-state index contributed by atoms with van der Waals surface area (Å²) in [6.45, 7) is 15.7. The third-order valence-electron chi connectivity index (χ3n) is 7.56.